The highest BCUT2D eigenvalue weighted by molar-refractivity contribution is 8.00. The topological polar surface area (TPSA) is 112 Å². The number of nitriles is 1. The van der Waals surface area contributed by atoms with Gasteiger partial charge in [0.1, 0.15) is 0 Å². The largest absolute Gasteiger partial charge is 0.277 e. The van der Waals surface area contributed by atoms with E-state index in [1.54, 1.807) is 6.20 Å². The number of hydrogen-bond donors (Lipinski definition) is 2. The molecule has 136 valence electrons. The summed E-state index contributed by atoms with van der Waals surface area (Å²) in [5.74, 6) is -0.496. The molecule has 0 radical (unpaired) electrons. The first-order valence-electron chi connectivity index (χ1n) is 7.77. The highest BCUT2D eigenvalue weighted by Crippen LogP contribution is 2.25. The van der Waals surface area contributed by atoms with E-state index in [1.165, 1.54) is 36.0 Å². The Morgan fingerprint density at radius 3 is 2.74 bits per heavy atom. The van der Waals surface area contributed by atoms with Gasteiger partial charge in [-0.25, -0.2) is 8.42 Å². The number of hydrogen-bond acceptors (Lipinski definition) is 6. The lowest BCUT2D eigenvalue weighted by Crippen LogP contribution is -2.42. The van der Waals surface area contributed by atoms with E-state index in [4.69, 9.17) is 5.26 Å². The summed E-state index contributed by atoms with van der Waals surface area (Å²) in [4.78, 5) is 19.1. The summed E-state index contributed by atoms with van der Waals surface area (Å²) >= 11 is 1.26. The van der Waals surface area contributed by atoms with E-state index in [0.717, 1.165) is 15.8 Å². The highest BCUT2D eigenvalue weighted by Gasteiger charge is 2.16. The number of nitrogens with one attached hydrogen (secondary N) is 2. The number of pyridine rings is 1. The van der Waals surface area contributed by atoms with Crippen LogP contribution >= 0.6 is 11.8 Å². The first kappa shape index (κ1) is 18.8. The maximum Gasteiger partial charge on any atom is 0.257 e. The second-order valence-corrected chi connectivity index (χ2v) is 8.11. The van der Waals surface area contributed by atoms with Crippen LogP contribution in [0.4, 0.5) is 0 Å². The maximum absolute atomic E-state index is 12.2. The van der Waals surface area contributed by atoms with E-state index >= 15 is 0 Å². The molecule has 7 nitrogen and oxygen atoms in total. The van der Waals surface area contributed by atoms with Crippen molar-refractivity contribution >= 4 is 38.6 Å². The average molecular weight is 398 g/mol. The second-order valence-electron chi connectivity index (χ2n) is 5.41. The summed E-state index contributed by atoms with van der Waals surface area (Å²) in [6.07, 6.45) is 1.68. The number of carbonyl (C=O) groups excluding carboxylic acids is 1. The lowest BCUT2D eigenvalue weighted by Gasteiger charge is -2.09. The van der Waals surface area contributed by atoms with Crippen molar-refractivity contribution in [3.05, 3.63) is 66.4 Å². The molecular formula is C18H14N4O3S2. The van der Waals surface area contributed by atoms with Crippen molar-refractivity contribution in [2.24, 2.45) is 0 Å². The van der Waals surface area contributed by atoms with E-state index < -0.39 is 15.9 Å². The molecule has 0 saturated carbocycles. The minimum absolute atomic E-state index is 0.0104. The predicted molar refractivity (Wildman–Crippen MR) is 102 cm³/mol. The lowest BCUT2D eigenvalue weighted by molar-refractivity contribution is -0.119. The van der Waals surface area contributed by atoms with Crippen LogP contribution in [0.3, 0.4) is 0 Å². The van der Waals surface area contributed by atoms with Crippen LogP contribution in [0.2, 0.25) is 0 Å². The molecule has 0 fully saturated rings. The molecule has 1 amide bonds. The van der Waals surface area contributed by atoms with Gasteiger partial charge in [-0.1, -0.05) is 24.3 Å². The van der Waals surface area contributed by atoms with Crippen LogP contribution in [-0.2, 0) is 14.8 Å². The fourth-order valence-corrected chi connectivity index (χ4v) is 4.03. The molecule has 0 unspecified atom stereocenters. The lowest BCUT2D eigenvalue weighted by atomic mass is 10.2. The number of rotatable bonds is 6. The maximum atomic E-state index is 12.2. The van der Waals surface area contributed by atoms with Crippen LogP contribution in [0.25, 0.3) is 10.9 Å². The van der Waals surface area contributed by atoms with Crippen LogP contribution in [-0.4, -0.2) is 25.1 Å². The van der Waals surface area contributed by atoms with Gasteiger partial charge in [0.15, 0.2) is 0 Å². The van der Waals surface area contributed by atoms with Crippen molar-refractivity contribution in [2.45, 2.75) is 9.79 Å². The van der Waals surface area contributed by atoms with Gasteiger partial charge in [0.2, 0.25) is 5.91 Å². The van der Waals surface area contributed by atoms with Gasteiger partial charge in [-0.3, -0.25) is 15.2 Å². The van der Waals surface area contributed by atoms with Crippen molar-refractivity contribution in [2.75, 3.05) is 5.75 Å². The van der Waals surface area contributed by atoms with E-state index in [0.29, 0.717) is 0 Å². The van der Waals surface area contributed by atoms with E-state index in [1.807, 2.05) is 41.2 Å². The Morgan fingerprint density at radius 2 is 1.93 bits per heavy atom. The summed E-state index contributed by atoms with van der Waals surface area (Å²) in [6, 6.07) is 16.8. The number of benzene rings is 2. The van der Waals surface area contributed by atoms with Gasteiger partial charge in [0.25, 0.3) is 10.0 Å². The molecule has 0 bridgehead atoms. The zero-order chi connectivity index (χ0) is 19.3. The number of fused-ring (bicyclic) bond motifs is 1. The van der Waals surface area contributed by atoms with Gasteiger partial charge in [0, 0.05) is 16.5 Å². The summed E-state index contributed by atoms with van der Waals surface area (Å²) < 4.78 is 24.4. The zero-order valence-corrected chi connectivity index (χ0v) is 15.5. The number of aromatic nitrogens is 1. The summed E-state index contributed by atoms with van der Waals surface area (Å²) in [5.41, 5.74) is 3.17. The summed E-state index contributed by atoms with van der Waals surface area (Å²) in [7, 11) is -3.96. The number of thioether (sulfide) groups is 1. The molecule has 2 aromatic carbocycles. The van der Waals surface area contributed by atoms with Crippen LogP contribution in [0.1, 0.15) is 5.56 Å². The minimum Gasteiger partial charge on any atom is -0.277 e. The predicted octanol–water partition coefficient (Wildman–Crippen LogP) is 2.21. The van der Waals surface area contributed by atoms with Crippen LogP contribution in [0, 0.1) is 11.3 Å². The van der Waals surface area contributed by atoms with Gasteiger partial charge in [-0.2, -0.15) is 5.26 Å². The number of carbonyl (C=O) groups is 1. The Hall–Kier alpha value is -2.93. The SMILES string of the molecule is N#Cc1cccc(S(=O)(=O)NNC(=O)CSc2cccc3cccnc23)c1. The van der Waals surface area contributed by atoms with Crippen molar-refractivity contribution < 1.29 is 13.2 Å². The average Bonchev–Trinajstić information content (AvgIpc) is 2.70. The molecule has 3 rings (SSSR count). The Bertz CT molecular complexity index is 1140. The van der Waals surface area contributed by atoms with Crippen molar-refractivity contribution in [3.63, 3.8) is 0 Å². The Morgan fingerprint density at radius 1 is 1.15 bits per heavy atom. The Balaban J connectivity index is 1.62. The third-order valence-electron chi connectivity index (χ3n) is 3.55. The smallest absolute Gasteiger partial charge is 0.257 e. The van der Waals surface area contributed by atoms with E-state index in [-0.39, 0.29) is 16.2 Å². The molecule has 3 aromatic rings. The normalized spacial score (nSPS) is 11.1. The second kappa shape index (κ2) is 8.18. The fraction of sp³-hybridized carbons (Fsp3) is 0.0556. The van der Waals surface area contributed by atoms with E-state index in [9.17, 15) is 13.2 Å². The molecule has 0 atom stereocenters. The number of nitrogens with zero attached hydrogens (tertiary/aromatic N) is 2. The number of amides is 1. The summed E-state index contributed by atoms with van der Waals surface area (Å²) in [5, 5.41) is 9.82. The van der Waals surface area contributed by atoms with Gasteiger partial charge >= 0.3 is 0 Å². The highest BCUT2D eigenvalue weighted by atomic mass is 32.2. The number of sulfonamides is 1. The Kier molecular flexibility index (Phi) is 5.71. The van der Waals surface area contributed by atoms with Gasteiger partial charge in [-0.05, 0) is 30.3 Å². The van der Waals surface area contributed by atoms with Crippen molar-refractivity contribution in [3.8, 4) is 6.07 Å². The zero-order valence-electron chi connectivity index (χ0n) is 13.9. The fourth-order valence-electron chi connectivity index (χ4n) is 2.29. The van der Waals surface area contributed by atoms with Crippen LogP contribution < -0.4 is 10.3 Å². The van der Waals surface area contributed by atoms with Gasteiger partial charge < -0.3 is 0 Å². The minimum atomic E-state index is -3.96. The molecule has 0 aliphatic rings. The first-order chi connectivity index (χ1) is 13.0. The molecule has 2 N–H and O–H groups in total. The van der Waals surface area contributed by atoms with Crippen molar-refractivity contribution in [1.29, 1.82) is 5.26 Å². The molecule has 0 saturated heterocycles. The van der Waals surface area contributed by atoms with E-state index in [2.05, 4.69) is 10.4 Å². The molecule has 0 aliphatic carbocycles. The standard InChI is InChI=1S/C18H14N4O3S2/c19-11-13-4-1-7-15(10-13)27(24,25)22-21-17(23)12-26-16-8-2-5-14-6-3-9-20-18(14)16/h1-10,22H,12H2,(H,21,23). The molecular weight excluding hydrogens is 384 g/mol. The molecule has 0 spiro atoms. The number of hydrazine groups is 1. The van der Waals surface area contributed by atoms with Crippen molar-refractivity contribution in [1.82, 2.24) is 15.2 Å². The molecule has 1 aromatic heterocycles. The quantitative estimate of drug-likeness (QED) is 0.486. The first-order valence-corrected chi connectivity index (χ1v) is 10.2. The summed E-state index contributed by atoms with van der Waals surface area (Å²) in [6.45, 7) is 0. The molecule has 0 aliphatic heterocycles. The van der Waals surface area contributed by atoms with Crippen LogP contribution in [0.5, 0.6) is 0 Å². The molecule has 27 heavy (non-hydrogen) atoms. The third-order valence-corrected chi connectivity index (χ3v) is 5.85. The number of para-hydroxylation sites is 1. The Labute approximate surface area is 160 Å². The third kappa shape index (κ3) is 4.62. The monoisotopic (exact) mass is 398 g/mol. The van der Waals surface area contributed by atoms with Gasteiger partial charge in [0.05, 0.1) is 27.8 Å². The molecule has 1 heterocycles. The van der Waals surface area contributed by atoms with Crippen LogP contribution in [0.15, 0.2) is 70.6 Å². The van der Waals surface area contributed by atoms with Gasteiger partial charge in [-0.15, -0.1) is 16.6 Å². The molecule has 9 heteroatoms.